The molecule has 3 rings (SSSR count). The van der Waals surface area contributed by atoms with E-state index in [0.29, 0.717) is 17.3 Å². The van der Waals surface area contributed by atoms with Gasteiger partial charge in [0.05, 0.1) is 5.41 Å². The van der Waals surface area contributed by atoms with Gasteiger partial charge in [0.15, 0.2) is 11.5 Å². The van der Waals surface area contributed by atoms with Gasteiger partial charge in [0.25, 0.3) is 0 Å². The lowest BCUT2D eigenvalue weighted by Gasteiger charge is -2.24. The summed E-state index contributed by atoms with van der Waals surface area (Å²) in [6.45, 7) is 4.62. The van der Waals surface area contributed by atoms with Gasteiger partial charge in [-0.05, 0) is 55.7 Å². The first-order chi connectivity index (χ1) is 11.5. The maximum absolute atomic E-state index is 12.6. The average molecular weight is 346 g/mol. The van der Waals surface area contributed by atoms with Crippen molar-refractivity contribution < 1.29 is 14.3 Å². The monoisotopic (exact) mass is 345 g/mol. The van der Waals surface area contributed by atoms with Crippen molar-refractivity contribution in [2.75, 3.05) is 13.3 Å². The standard InChI is InChI=1S/C19H20ClNO3/c1-19(2,14-5-8-16-17(11-14)24-12-23-16)18(22)21-10-9-13-3-6-15(20)7-4-13/h3-8,11H,9-10,12H2,1-2H3,(H,21,22). The number of halogens is 1. The van der Waals surface area contributed by atoms with Gasteiger partial charge in [-0.3, -0.25) is 4.79 Å². The highest BCUT2D eigenvalue weighted by atomic mass is 35.5. The second-order valence-electron chi connectivity index (χ2n) is 6.33. The van der Waals surface area contributed by atoms with Gasteiger partial charge in [0, 0.05) is 11.6 Å². The van der Waals surface area contributed by atoms with E-state index in [4.69, 9.17) is 21.1 Å². The van der Waals surface area contributed by atoms with Crippen molar-refractivity contribution in [3.63, 3.8) is 0 Å². The van der Waals surface area contributed by atoms with Crippen LogP contribution >= 0.6 is 11.6 Å². The first-order valence-electron chi connectivity index (χ1n) is 7.90. The molecule has 1 N–H and O–H groups in total. The summed E-state index contributed by atoms with van der Waals surface area (Å²) in [5.41, 5.74) is 1.39. The van der Waals surface area contributed by atoms with Crippen molar-refractivity contribution in [3.8, 4) is 11.5 Å². The predicted molar refractivity (Wildman–Crippen MR) is 93.8 cm³/mol. The minimum atomic E-state index is -0.652. The number of carbonyl (C=O) groups excluding carboxylic acids is 1. The first kappa shape index (κ1) is 16.7. The number of rotatable bonds is 5. The van der Waals surface area contributed by atoms with Crippen LogP contribution in [0, 0.1) is 0 Å². The molecule has 4 nitrogen and oxygen atoms in total. The van der Waals surface area contributed by atoms with E-state index < -0.39 is 5.41 Å². The van der Waals surface area contributed by atoms with Crippen LogP contribution in [-0.4, -0.2) is 19.2 Å². The third-order valence-corrected chi connectivity index (χ3v) is 4.53. The number of benzene rings is 2. The Morgan fingerprint density at radius 1 is 1.12 bits per heavy atom. The summed E-state index contributed by atoms with van der Waals surface area (Å²) in [4.78, 5) is 12.6. The molecule has 0 aromatic heterocycles. The summed E-state index contributed by atoms with van der Waals surface area (Å²) < 4.78 is 10.7. The molecule has 24 heavy (non-hydrogen) atoms. The minimum absolute atomic E-state index is 0.0182. The Kier molecular flexibility index (Phi) is 4.67. The Hall–Kier alpha value is -2.20. The van der Waals surface area contributed by atoms with Crippen LogP contribution in [0.3, 0.4) is 0 Å². The van der Waals surface area contributed by atoms with Crippen LogP contribution < -0.4 is 14.8 Å². The molecule has 2 aromatic rings. The first-order valence-corrected chi connectivity index (χ1v) is 8.27. The SMILES string of the molecule is CC(C)(C(=O)NCCc1ccc(Cl)cc1)c1ccc2c(c1)OCO2. The van der Waals surface area contributed by atoms with E-state index in [1.165, 1.54) is 0 Å². The molecule has 2 aromatic carbocycles. The number of ether oxygens (including phenoxy) is 2. The molecule has 0 spiro atoms. The fourth-order valence-electron chi connectivity index (χ4n) is 2.61. The van der Waals surface area contributed by atoms with Crippen molar-refractivity contribution in [1.82, 2.24) is 5.32 Å². The summed E-state index contributed by atoms with van der Waals surface area (Å²) in [5.74, 6) is 1.39. The lowest BCUT2D eigenvalue weighted by Crippen LogP contribution is -2.40. The molecule has 0 fully saturated rings. The Morgan fingerprint density at radius 2 is 1.83 bits per heavy atom. The molecule has 0 atom stereocenters. The van der Waals surface area contributed by atoms with E-state index in [1.54, 1.807) is 0 Å². The number of amides is 1. The lowest BCUT2D eigenvalue weighted by atomic mass is 9.83. The molecule has 0 saturated carbocycles. The second kappa shape index (κ2) is 6.73. The van der Waals surface area contributed by atoms with Crippen molar-refractivity contribution in [1.29, 1.82) is 0 Å². The van der Waals surface area contributed by atoms with Crippen molar-refractivity contribution in [2.45, 2.75) is 25.7 Å². The summed E-state index contributed by atoms with van der Waals surface area (Å²) in [7, 11) is 0. The number of hydrogen-bond acceptors (Lipinski definition) is 3. The van der Waals surface area contributed by atoms with Gasteiger partial charge in [0.1, 0.15) is 0 Å². The number of fused-ring (bicyclic) bond motifs is 1. The van der Waals surface area contributed by atoms with Gasteiger partial charge < -0.3 is 14.8 Å². The van der Waals surface area contributed by atoms with Crippen molar-refractivity contribution in [3.05, 3.63) is 58.6 Å². The highest BCUT2D eigenvalue weighted by Crippen LogP contribution is 2.36. The van der Waals surface area contributed by atoms with Crippen LogP contribution in [0.2, 0.25) is 5.02 Å². The van der Waals surface area contributed by atoms with Crippen LogP contribution in [0.25, 0.3) is 0 Å². The smallest absolute Gasteiger partial charge is 0.231 e. The lowest BCUT2D eigenvalue weighted by molar-refractivity contribution is -0.125. The molecule has 126 valence electrons. The molecule has 1 heterocycles. The summed E-state index contributed by atoms with van der Waals surface area (Å²) in [6, 6.07) is 13.3. The minimum Gasteiger partial charge on any atom is -0.454 e. The van der Waals surface area contributed by atoms with Crippen LogP contribution in [0.5, 0.6) is 11.5 Å². The molecular formula is C19H20ClNO3. The zero-order valence-electron chi connectivity index (χ0n) is 13.8. The van der Waals surface area contributed by atoms with Gasteiger partial charge in [-0.2, -0.15) is 0 Å². The third kappa shape index (κ3) is 3.49. The summed E-state index contributed by atoms with van der Waals surface area (Å²) >= 11 is 5.88. The largest absolute Gasteiger partial charge is 0.454 e. The second-order valence-corrected chi connectivity index (χ2v) is 6.76. The van der Waals surface area contributed by atoms with E-state index in [0.717, 1.165) is 23.3 Å². The van der Waals surface area contributed by atoms with E-state index in [9.17, 15) is 4.79 Å². The quantitative estimate of drug-likeness (QED) is 0.898. The molecule has 0 saturated heterocycles. The van der Waals surface area contributed by atoms with E-state index in [1.807, 2.05) is 56.3 Å². The Morgan fingerprint density at radius 3 is 2.58 bits per heavy atom. The number of hydrogen-bond donors (Lipinski definition) is 1. The number of nitrogens with one attached hydrogen (secondary N) is 1. The van der Waals surface area contributed by atoms with Gasteiger partial charge in [-0.25, -0.2) is 0 Å². The molecule has 0 bridgehead atoms. The molecule has 5 heteroatoms. The zero-order valence-corrected chi connectivity index (χ0v) is 14.5. The van der Waals surface area contributed by atoms with Crippen molar-refractivity contribution in [2.24, 2.45) is 0 Å². The molecule has 0 radical (unpaired) electrons. The maximum Gasteiger partial charge on any atom is 0.231 e. The molecule has 1 amide bonds. The summed E-state index contributed by atoms with van der Waals surface area (Å²) in [5, 5.41) is 3.72. The predicted octanol–water partition coefficient (Wildman–Crippen LogP) is 3.71. The Balaban J connectivity index is 1.61. The fraction of sp³-hybridized carbons (Fsp3) is 0.316. The topological polar surface area (TPSA) is 47.6 Å². The normalized spacial score (nSPS) is 13.0. The van der Waals surface area contributed by atoms with Crippen LogP contribution in [0.1, 0.15) is 25.0 Å². The van der Waals surface area contributed by atoms with Crippen LogP contribution in [-0.2, 0) is 16.6 Å². The third-order valence-electron chi connectivity index (χ3n) is 4.27. The van der Waals surface area contributed by atoms with Gasteiger partial charge in [0.2, 0.25) is 12.7 Å². The zero-order chi connectivity index (χ0) is 17.2. The Bertz CT molecular complexity index is 741. The van der Waals surface area contributed by atoms with Gasteiger partial charge in [-0.1, -0.05) is 29.8 Å². The van der Waals surface area contributed by atoms with E-state index >= 15 is 0 Å². The molecule has 0 unspecified atom stereocenters. The van der Waals surface area contributed by atoms with Crippen LogP contribution in [0.15, 0.2) is 42.5 Å². The Labute approximate surface area is 146 Å². The van der Waals surface area contributed by atoms with Gasteiger partial charge in [-0.15, -0.1) is 0 Å². The van der Waals surface area contributed by atoms with Gasteiger partial charge >= 0.3 is 0 Å². The number of carbonyl (C=O) groups is 1. The molecular weight excluding hydrogens is 326 g/mol. The highest BCUT2D eigenvalue weighted by Gasteiger charge is 2.31. The molecule has 1 aliphatic rings. The van der Waals surface area contributed by atoms with E-state index in [-0.39, 0.29) is 12.7 Å². The summed E-state index contributed by atoms with van der Waals surface area (Å²) in [6.07, 6.45) is 0.764. The molecule has 0 aliphatic carbocycles. The van der Waals surface area contributed by atoms with Crippen molar-refractivity contribution >= 4 is 17.5 Å². The maximum atomic E-state index is 12.6. The van der Waals surface area contributed by atoms with Crippen LogP contribution in [0.4, 0.5) is 0 Å². The highest BCUT2D eigenvalue weighted by molar-refractivity contribution is 6.30. The van der Waals surface area contributed by atoms with E-state index in [2.05, 4.69) is 5.32 Å². The molecule has 1 aliphatic heterocycles. The fourth-order valence-corrected chi connectivity index (χ4v) is 2.73. The average Bonchev–Trinajstić information content (AvgIpc) is 3.04.